The summed E-state index contributed by atoms with van der Waals surface area (Å²) in [7, 11) is 0. The van der Waals surface area contributed by atoms with E-state index in [1.54, 1.807) is 24.3 Å². The summed E-state index contributed by atoms with van der Waals surface area (Å²) in [5, 5.41) is 10.4. The number of likely N-dealkylation sites (tertiary alicyclic amines) is 1. The van der Waals surface area contributed by atoms with Crippen molar-refractivity contribution in [3.8, 4) is 0 Å². The Hall–Kier alpha value is -2.17. The van der Waals surface area contributed by atoms with Crippen molar-refractivity contribution in [1.29, 1.82) is 0 Å². The summed E-state index contributed by atoms with van der Waals surface area (Å²) >= 11 is 0. The molecule has 1 atom stereocenters. The lowest BCUT2D eigenvalue weighted by Gasteiger charge is -2.39. The molecule has 1 aliphatic heterocycles. The first-order valence-corrected chi connectivity index (χ1v) is 7.81. The van der Waals surface area contributed by atoms with E-state index >= 15 is 0 Å². The van der Waals surface area contributed by atoms with Crippen molar-refractivity contribution in [1.82, 2.24) is 4.90 Å². The molecule has 0 amide bonds. The normalized spacial score (nSPS) is 18.0. The number of hydrogen-bond donors (Lipinski definition) is 1. The molecule has 0 saturated carbocycles. The van der Waals surface area contributed by atoms with Crippen molar-refractivity contribution < 1.29 is 14.6 Å². The highest BCUT2D eigenvalue weighted by Gasteiger charge is 2.38. The van der Waals surface area contributed by atoms with E-state index in [4.69, 9.17) is 4.74 Å². The third-order valence-electron chi connectivity index (χ3n) is 4.18. The van der Waals surface area contributed by atoms with E-state index in [9.17, 15) is 9.90 Å². The molecule has 23 heavy (non-hydrogen) atoms. The summed E-state index contributed by atoms with van der Waals surface area (Å²) in [4.78, 5) is 14.5. The molecule has 0 bridgehead atoms. The molecule has 1 fully saturated rings. The second-order valence-corrected chi connectivity index (χ2v) is 6.15. The number of benzene rings is 2. The molecule has 0 aliphatic carbocycles. The van der Waals surface area contributed by atoms with Crippen LogP contribution in [0.15, 0.2) is 60.7 Å². The zero-order valence-electron chi connectivity index (χ0n) is 13.2. The van der Waals surface area contributed by atoms with Crippen LogP contribution in [0, 0.1) is 0 Å². The smallest absolute Gasteiger partial charge is 0.342 e. The van der Waals surface area contributed by atoms with Gasteiger partial charge < -0.3 is 9.84 Å². The Morgan fingerprint density at radius 2 is 1.70 bits per heavy atom. The summed E-state index contributed by atoms with van der Waals surface area (Å²) in [6.07, 6.45) is -0.151. The highest BCUT2D eigenvalue weighted by atomic mass is 16.6. The molecule has 2 aromatic carbocycles. The molecule has 120 valence electrons. The molecule has 1 aliphatic rings. The zero-order chi connectivity index (χ0) is 16.3. The summed E-state index contributed by atoms with van der Waals surface area (Å²) < 4.78 is 5.44. The fourth-order valence-electron chi connectivity index (χ4n) is 2.71. The van der Waals surface area contributed by atoms with Crippen molar-refractivity contribution in [2.24, 2.45) is 0 Å². The predicted molar refractivity (Wildman–Crippen MR) is 87.6 cm³/mol. The van der Waals surface area contributed by atoms with Gasteiger partial charge in [0.05, 0.1) is 0 Å². The van der Waals surface area contributed by atoms with Crippen LogP contribution in [0.3, 0.4) is 0 Å². The Bertz CT molecular complexity index is 649. The van der Waals surface area contributed by atoms with Gasteiger partial charge in [-0.25, -0.2) is 4.79 Å². The third-order valence-corrected chi connectivity index (χ3v) is 4.18. The van der Waals surface area contributed by atoms with E-state index in [-0.39, 0.29) is 6.10 Å². The second kappa shape index (κ2) is 6.52. The number of carbonyl (C=O) groups is 1. The number of ether oxygens (including phenoxy) is 1. The van der Waals surface area contributed by atoms with Crippen molar-refractivity contribution >= 4 is 5.97 Å². The monoisotopic (exact) mass is 311 g/mol. The number of carbonyl (C=O) groups excluding carboxylic acids is 1. The van der Waals surface area contributed by atoms with E-state index in [0.29, 0.717) is 18.7 Å². The maximum atomic E-state index is 12.2. The lowest BCUT2D eigenvalue weighted by molar-refractivity contribution is -0.178. The number of rotatable bonds is 5. The molecule has 3 rings (SSSR count). The van der Waals surface area contributed by atoms with Crippen LogP contribution in [-0.4, -0.2) is 35.2 Å². The molecule has 1 N–H and O–H groups in total. The van der Waals surface area contributed by atoms with Gasteiger partial charge in [-0.1, -0.05) is 60.7 Å². The van der Waals surface area contributed by atoms with Gasteiger partial charge in [0.2, 0.25) is 0 Å². The molecule has 4 heteroatoms. The maximum Gasteiger partial charge on any atom is 0.342 e. The number of esters is 1. The SMILES string of the molecule is CC(O)(C(=O)OC1CN(Cc2ccccc2)C1)c1ccccc1. The van der Waals surface area contributed by atoms with Crippen LogP contribution in [0.5, 0.6) is 0 Å². The first-order chi connectivity index (χ1) is 11.1. The Morgan fingerprint density at radius 3 is 2.30 bits per heavy atom. The van der Waals surface area contributed by atoms with E-state index in [0.717, 1.165) is 6.54 Å². The van der Waals surface area contributed by atoms with Crippen LogP contribution >= 0.6 is 0 Å². The third kappa shape index (κ3) is 3.60. The predicted octanol–water partition coefficient (Wildman–Crippen LogP) is 2.32. The summed E-state index contributed by atoms with van der Waals surface area (Å²) in [5.41, 5.74) is 0.181. The standard InChI is InChI=1S/C19H21NO3/c1-19(22,16-10-6-3-7-11-16)18(21)23-17-13-20(14-17)12-15-8-4-2-5-9-15/h2-11,17,22H,12-14H2,1H3. The molecule has 1 unspecified atom stereocenters. The number of hydrogen-bond acceptors (Lipinski definition) is 4. The van der Waals surface area contributed by atoms with E-state index in [1.165, 1.54) is 12.5 Å². The van der Waals surface area contributed by atoms with Gasteiger partial charge in [-0.15, -0.1) is 0 Å². The minimum Gasteiger partial charge on any atom is -0.457 e. The van der Waals surface area contributed by atoms with Crippen LogP contribution in [-0.2, 0) is 21.7 Å². The average Bonchev–Trinajstić information content (AvgIpc) is 2.54. The molecule has 4 nitrogen and oxygen atoms in total. The lowest BCUT2D eigenvalue weighted by Crippen LogP contribution is -2.53. The van der Waals surface area contributed by atoms with Gasteiger partial charge in [0.25, 0.3) is 0 Å². The molecular weight excluding hydrogens is 290 g/mol. The van der Waals surface area contributed by atoms with E-state index in [1.807, 2.05) is 24.3 Å². The van der Waals surface area contributed by atoms with Crippen molar-refractivity contribution in [2.45, 2.75) is 25.2 Å². The summed E-state index contributed by atoms with van der Waals surface area (Å²) in [6.45, 7) is 3.73. The summed E-state index contributed by atoms with van der Waals surface area (Å²) in [5.74, 6) is -0.590. The first kappa shape index (κ1) is 15.7. The van der Waals surface area contributed by atoms with Gasteiger partial charge in [-0.3, -0.25) is 4.90 Å². The molecule has 1 saturated heterocycles. The lowest BCUT2D eigenvalue weighted by atomic mass is 9.96. The van der Waals surface area contributed by atoms with Crippen LogP contribution in [0.1, 0.15) is 18.1 Å². The van der Waals surface area contributed by atoms with Gasteiger partial charge >= 0.3 is 5.97 Å². The molecule has 0 radical (unpaired) electrons. The number of aliphatic hydroxyl groups is 1. The second-order valence-electron chi connectivity index (χ2n) is 6.15. The van der Waals surface area contributed by atoms with Crippen LogP contribution in [0.25, 0.3) is 0 Å². The molecular formula is C19H21NO3. The quantitative estimate of drug-likeness (QED) is 0.861. The molecule has 0 spiro atoms. The highest BCUT2D eigenvalue weighted by molar-refractivity contribution is 5.80. The molecule has 2 aromatic rings. The van der Waals surface area contributed by atoms with Crippen LogP contribution < -0.4 is 0 Å². The average molecular weight is 311 g/mol. The fourth-order valence-corrected chi connectivity index (χ4v) is 2.71. The maximum absolute atomic E-state index is 12.2. The Morgan fingerprint density at radius 1 is 1.13 bits per heavy atom. The Kier molecular flexibility index (Phi) is 4.46. The fraction of sp³-hybridized carbons (Fsp3) is 0.316. The van der Waals surface area contributed by atoms with Gasteiger partial charge in [0.15, 0.2) is 5.60 Å². The van der Waals surface area contributed by atoms with E-state index in [2.05, 4.69) is 17.0 Å². The molecule has 1 heterocycles. The number of nitrogens with zero attached hydrogens (tertiary/aromatic N) is 1. The summed E-state index contributed by atoms with van der Waals surface area (Å²) in [6, 6.07) is 19.1. The zero-order valence-corrected chi connectivity index (χ0v) is 13.2. The molecule has 0 aromatic heterocycles. The minimum absolute atomic E-state index is 0.151. The van der Waals surface area contributed by atoms with Gasteiger partial charge in [0, 0.05) is 19.6 Å². The van der Waals surface area contributed by atoms with Crippen molar-refractivity contribution in [3.63, 3.8) is 0 Å². The van der Waals surface area contributed by atoms with Crippen molar-refractivity contribution in [3.05, 3.63) is 71.8 Å². The van der Waals surface area contributed by atoms with Gasteiger partial charge in [-0.05, 0) is 18.1 Å². The van der Waals surface area contributed by atoms with Crippen LogP contribution in [0.4, 0.5) is 0 Å². The minimum atomic E-state index is -1.61. The largest absolute Gasteiger partial charge is 0.457 e. The topological polar surface area (TPSA) is 49.8 Å². The Balaban J connectivity index is 1.51. The first-order valence-electron chi connectivity index (χ1n) is 7.81. The van der Waals surface area contributed by atoms with Gasteiger partial charge in [-0.2, -0.15) is 0 Å². The van der Waals surface area contributed by atoms with Crippen molar-refractivity contribution in [2.75, 3.05) is 13.1 Å². The highest BCUT2D eigenvalue weighted by Crippen LogP contribution is 2.24. The van der Waals surface area contributed by atoms with Gasteiger partial charge in [0.1, 0.15) is 6.10 Å². The van der Waals surface area contributed by atoms with E-state index < -0.39 is 11.6 Å². The Labute approximate surface area is 136 Å². The van der Waals surface area contributed by atoms with Crippen LogP contribution in [0.2, 0.25) is 0 Å².